The number of aryl methyl sites for hydroxylation is 1. The molecule has 21 heavy (non-hydrogen) atoms. The Bertz CT molecular complexity index is 391. The van der Waals surface area contributed by atoms with Gasteiger partial charge >= 0.3 is 15.7 Å². The summed E-state index contributed by atoms with van der Waals surface area (Å²) >= 11 is 0. The lowest BCUT2D eigenvalue weighted by Crippen LogP contribution is -2.24. The van der Waals surface area contributed by atoms with E-state index in [2.05, 4.69) is 0 Å². The lowest BCUT2D eigenvalue weighted by atomic mass is 10.1. The van der Waals surface area contributed by atoms with Crippen molar-refractivity contribution in [1.29, 1.82) is 0 Å². The zero-order chi connectivity index (χ0) is 15.7. The maximum absolute atomic E-state index is 12.4. The second-order valence-corrected chi connectivity index (χ2v) is 6.49. The topological polar surface area (TPSA) is 27.7 Å². The number of rotatable bonds is 9. The second-order valence-electron chi connectivity index (χ2n) is 4.64. The summed E-state index contributed by atoms with van der Waals surface area (Å²) < 4.78 is 52.7. The third kappa shape index (κ3) is 7.08. The Morgan fingerprint density at radius 1 is 0.952 bits per heavy atom. The number of hydrogen-bond acceptors (Lipinski definition) is 3. The molecule has 1 aromatic rings. The van der Waals surface area contributed by atoms with Gasteiger partial charge in [0.1, 0.15) is 0 Å². The van der Waals surface area contributed by atoms with E-state index in [0.717, 1.165) is 43.4 Å². The molecule has 1 aromatic carbocycles. The van der Waals surface area contributed by atoms with E-state index in [1.807, 2.05) is 0 Å². The minimum absolute atomic E-state index is 0.589. The summed E-state index contributed by atoms with van der Waals surface area (Å²) in [6.07, 6.45) is -0.736. The lowest BCUT2D eigenvalue weighted by molar-refractivity contribution is -0.137. The highest BCUT2D eigenvalue weighted by molar-refractivity contribution is 6.36. The van der Waals surface area contributed by atoms with Crippen LogP contribution < -0.4 is 0 Å². The van der Waals surface area contributed by atoms with Crippen LogP contribution in [0.4, 0.5) is 13.2 Å². The fourth-order valence-corrected chi connectivity index (χ4v) is 2.70. The first-order valence-electron chi connectivity index (χ1n) is 6.80. The number of unbranched alkanes of at least 4 members (excludes halogenated alkanes) is 2. The molecule has 0 radical (unpaired) electrons. The molecule has 3 nitrogen and oxygen atoms in total. The van der Waals surface area contributed by atoms with Crippen LogP contribution in [0, 0.1) is 0 Å². The van der Waals surface area contributed by atoms with Crippen molar-refractivity contribution in [3.8, 4) is 0 Å². The van der Waals surface area contributed by atoms with Gasteiger partial charge in [0.25, 0.3) is 0 Å². The molecule has 120 valence electrons. The summed E-state index contributed by atoms with van der Waals surface area (Å²) in [7, 11) is 1.19. The van der Waals surface area contributed by atoms with Crippen molar-refractivity contribution in [1.82, 2.24) is 0 Å². The van der Waals surface area contributed by atoms with E-state index >= 15 is 0 Å². The van der Waals surface area contributed by atoms with E-state index < -0.39 is 21.3 Å². The Balaban J connectivity index is 2.18. The van der Waals surface area contributed by atoms with Crippen LogP contribution in [0.5, 0.6) is 0 Å². The predicted octanol–water partition coefficient (Wildman–Crippen LogP) is 3.44. The maximum atomic E-state index is 12.4. The van der Waals surface area contributed by atoms with Crippen LogP contribution in [-0.2, 0) is 25.9 Å². The van der Waals surface area contributed by atoms with E-state index in [-0.39, 0.29) is 0 Å². The first kappa shape index (κ1) is 18.2. The molecule has 0 unspecified atom stereocenters. The van der Waals surface area contributed by atoms with Gasteiger partial charge in [0.2, 0.25) is 0 Å². The van der Waals surface area contributed by atoms with Crippen LogP contribution in [0.1, 0.15) is 30.4 Å². The van der Waals surface area contributed by atoms with Gasteiger partial charge in [-0.25, -0.2) is 0 Å². The molecular formula is C14H21F3O3Si. The first-order chi connectivity index (χ1) is 9.97. The Kier molecular flexibility index (Phi) is 7.95. The summed E-state index contributed by atoms with van der Waals surface area (Å²) in [5.41, 5.74) is 0.319. The van der Waals surface area contributed by atoms with Crippen LogP contribution in [0.3, 0.4) is 0 Å². The molecule has 0 atom stereocenters. The van der Waals surface area contributed by atoms with Crippen molar-refractivity contribution in [2.24, 2.45) is 0 Å². The molecule has 0 bridgehead atoms. The Morgan fingerprint density at radius 2 is 1.57 bits per heavy atom. The van der Waals surface area contributed by atoms with Crippen LogP contribution in [0.2, 0.25) is 0 Å². The molecule has 0 saturated heterocycles. The third-order valence-electron chi connectivity index (χ3n) is 3.03. The van der Waals surface area contributed by atoms with E-state index in [0.29, 0.717) is 6.61 Å². The fourth-order valence-electron chi connectivity index (χ4n) is 1.88. The van der Waals surface area contributed by atoms with E-state index in [9.17, 15) is 13.2 Å². The van der Waals surface area contributed by atoms with Crippen molar-refractivity contribution >= 4 is 9.53 Å². The van der Waals surface area contributed by atoms with Gasteiger partial charge in [-0.2, -0.15) is 13.2 Å². The van der Waals surface area contributed by atoms with Gasteiger partial charge in [0.05, 0.1) is 5.56 Å². The molecule has 0 aliphatic carbocycles. The molecule has 7 heteroatoms. The smallest absolute Gasteiger partial charge is 0.379 e. The minimum Gasteiger partial charge on any atom is -0.379 e. The van der Waals surface area contributed by atoms with Gasteiger partial charge in [-0.1, -0.05) is 18.6 Å². The highest BCUT2D eigenvalue weighted by Crippen LogP contribution is 2.29. The maximum Gasteiger partial charge on any atom is 0.483 e. The first-order valence-corrected chi connectivity index (χ1v) is 8.22. The quantitative estimate of drug-likeness (QED) is 0.515. The summed E-state index contributed by atoms with van der Waals surface area (Å²) in [5.74, 6) is 0. The molecule has 0 spiro atoms. The standard InChI is InChI=1S/C14H21F3O3Si/c1-18-21(19-2)20-11-5-3-4-6-12-7-9-13(10-8-12)14(15,16)17/h7-10,21H,3-6,11H2,1-2H3. The summed E-state index contributed by atoms with van der Waals surface area (Å²) in [5, 5.41) is 0. The van der Waals surface area contributed by atoms with E-state index in [4.69, 9.17) is 13.3 Å². The van der Waals surface area contributed by atoms with Gasteiger partial charge in [0, 0.05) is 20.8 Å². The molecule has 0 aliphatic rings. The number of hydrogen-bond donors (Lipinski definition) is 0. The highest BCUT2D eigenvalue weighted by atomic mass is 28.3. The fraction of sp³-hybridized carbons (Fsp3) is 0.571. The van der Waals surface area contributed by atoms with Crippen LogP contribution in [0.15, 0.2) is 24.3 Å². The number of halogens is 3. The SMILES string of the molecule is CO[SiH](OC)OCCCCCc1ccc(C(F)(F)F)cc1. The molecule has 0 N–H and O–H groups in total. The van der Waals surface area contributed by atoms with Gasteiger partial charge in [-0.3, -0.25) is 0 Å². The molecule has 0 fully saturated rings. The molecule has 0 heterocycles. The minimum atomic E-state index is -4.26. The number of alkyl halides is 3. The average molecular weight is 322 g/mol. The average Bonchev–Trinajstić information content (AvgIpc) is 2.46. The van der Waals surface area contributed by atoms with Gasteiger partial charge in [0.15, 0.2) is 0 Å². The van der Waals surface area contributed by atoms with Crippen LogP contribution >= 0.6 is 0 Å². The predicted molar refractivity (Wildman–Crippen MR) is 76.1 cm³/mol. The zero-order valence-corrected chi connectivity index (χ0v) is 13.4. The van der Waals surface area contributed by atoms with Gasteiger partial charge < -0.3 is 13.3 Å². The summed E-state index contributed by atoms with van der Waals surface area (Å²) in [6, 6.07) is 5.34. The Labute approximate surface area is 125 Å². The number of benzene rings is 1. The Morgan fingerprint density at radius 3 is 2.10 bits per heavy atom. The van der Waals surface area contributed by atoms with E-state index in [1.165, 1.54) is 12.1 Å². The molecular weight excluding hydrogens is 301 g/mol. The zero-order valence-electron chi connectivity index (χ0n) is 12.3. The molecule has 0 saturated carbocycles. The van der Waals surface area contributed by atoms with Crippen molar-refractivity contribution in [3.05, 3.63) is 35.4 Å². The van der Waals surface area contributed by atoms with Crippen molar-refractivity contribution in [2.45, 2.75) is 31.9 Å². The van der Waals surface area contributed by atoms with Crippen molar-refractivity contribution in [3.63, 3.8) is 0 Å². The summed E-state index contributed by atoms with van der Waals surface area (Å²) in [4.78, 5) is 0. The molecule has 0 amide bonds. The normalized spacial score (nSPS) is 12.1. The van der Waals surface area contributed by atoms with Gasteiger partial charge in [-0.05, 0) is 37.0 Å². The third-order valence-corrected chi connectivity index (χ3v) is 4.31. The Hall–Kier alpha value is -0.893. The molecule has 1 rings (SSSR count). The van der Waals surface area contributed by atoms with E-state index in [1.54, 1.807) is 14.2 Å². The molecule has 0 aromatic heterocycles. The lowest BCUT2D eigenvalue weighted by Gasteiger charge is -2.11. The second kappa shape index (κ2) is 9.19. The van der Waals surface area contributed by atoms with Crippen molar-refractivity contribution in [2.75, 3.05) is 20.8 Å². The van der Waals surface area contributed by atoms with Crippen LogP contribution in [-0.4, -0.2) is 30.4 Å². The van der Waals surface area contributed by atoms with Crippen molar-refractivity contribution < 1.29 is 26.4 Å². The largest absolute Gasteiger partial charge is 0.483 e. The molecule has 0 aliphatic heterocycles. The summed E-state index contributed by atoms with van der Waals surface area (Å²) in [6.45, 7) is 0.589. The highest BCUT2D eigenvalue weighted by Gasteiger charge is 2.29. The van der Waals surface area contributed by atoms with Crippen LogP contribution in [0.25, 0.3) is 0 Å². The van der Waals surface area contributed by atoms with Gasteiger partial charge in [-0.15, -0.1) is 0 Å². The monoisotopic (exact) mass is 322 g/mol.